The number of benzene rings is 1. The minimum Gasteiger partial charge on any atom is -0.399 e. The Bertz CT molecular complexity index is 695. The van der Waals surface area contributed by atoms with Gasteiger partial charge in [0.15, 0.2) is 5.82 Å². The summed E-state index contributed by atoms with van der Waals surface area (Å²) in [6.45, 7) is 0. The smallest absolute Gasteiger partial charge is 0.153 e. The van der Waals surface area contributed by atoms with Gasteiger partial charge in [0.25, 0.3) is 0 Å². The highest BCUT2D eigenvalue weighted by molar-refractivity contribution is 5.63. The van der Waals surface area contributed by atoms with Crippen LogP contribution in [0.15, 0.2) is 60.9 Å². The molecule has 3 rings (SSSR count). The maximum Gasteiger partial charge on any atom is 0.153 e. The number of aromatic nitrogens is 3. The molecule has 20 heavy (non-hydrogen) atoms. The molecule has 0 saturated heterocycles. The van der Waals surface area contributed by atoms with E-state index in [0.717, 1.165) is 16.9 Å². The molecular weight excluding hydrogens is 250 g/mol. The Morgan fingerprint density at radius 1 is 0.900 bits per heavy atom. The van der Waals surface area contributed by atoms with Gasteiger partial charge >= 0.3 is 0 Å². The Morgan fingerprint density at radius 3 is 2.45 bits per heavy atom. The summed E-state index contributed by atoms with van der Waals surface area (Å²) < 4.78 is 0. The molecule has 0 fully saturated rings. The molecule has 0 amide bonds. The number of nitrogens with two attached hydrogens (primary N) is 1. The summed E-state index contributed by atoms with van der Waals surface area (Å²) in [6, 6.07) is 15.1. The molecule has 2 heterocycles. The molecule has 5 heteroatoms. The van der Waals surface area contributed by atoms with Crippen LogP contribution in [0.3, 0.4) is 0 Å². The number of hydrogen-bond donors (Lipinski definition) is 2. The first-order valence-corrected chi connectivity index (χ1v) is 6.18. The topological polar surface area (TPSA) is 76.7 Å². The lowest BCUT2D eigenvalue weighted by atomic mass is 10.2. The van der Waals surface area contributed by atoms with Crippen LogP contribution in [0.25, 0.3) is 11.3 Å². The van der Waals surface area contributed by atoms with Gasteiger partial charge in [0.1, 0.15) is 0 Å². The van der Waals surface area contributed by atoms with E-state index >= 15 is 0 Å². The maximum absolute atomic E-state index is 5.73. The van der Waals surface area contributed by atoms with Crippen molar-refractivity contribution in [3.05, 3.63) is 60.9 Å². The Labute approximate surface area is 116 Å². The highest BCUT2D eigenvalue weighted by atomic mass is 15.2. The van der Waals surface area contributed by atoms with Crippen molar-refractivity contribution < 1.29 is 0 Å². The summed E-state index contributed by atoms with van der Waals surface area (Å²) in [7, 11) is 0. The van der Waals surface area contributed by atoms with Crippen molar-refractivity contribution >= 4 is 17.2 Å². The number of nitrogens with one attached hydrogen (secondary N) is 1. The zero-order valence-electron chi connectivity index (χ0n) is 10.7. The quantitative estimate of drug-likeness (QED) is 0.710. The third-order valence-electron chi connectivity index (χ3n) is 2.80. The van der Waals surface area contributed by atoms with Crippen LogP contribution in [0.1, 0.15) is 0 Å². The average molecular weight is 263 g/mol. The van der Waals surface area contributed by atoms with Crippen molar-refractivity contribution in [2.45, 2.75) is 0 Å². The number of pyridine rings is 1. The summed E-state index contributed by atoms with van der Waals surface area (Å²) in [5, 5.41) is 11.5. The molecule has 1 aromatic carbocycles. The van der Waals surface area contributed by atoms with E-state index in [9.17, 15) is 0 Å². The van der Waals surface area contributed by atoms with E-state index in [1.54, 1.807) is 12.4 Å². The van der Waals surface area contributed by atoms with Gasteiger partial charge in [-0.1, -0.05) is 6.07 Å². The van der Waals surface area contributed by atoms with Crippen molar-refractivity contribution in [1.82, 2.24) is 15.2 Å². The van der Waals surface area contributed by atoms with Crippen LogP contribution in [0.2, 0.25) is 0 Å². The first-order chi connectivity index (χ1) is 9.81. The van der Waals surface area contributed by atoms with Crippen molar-refractivity contribution in [2.24, 2.45) is 0 Å². The van der Waals surface area contributed by atoms with E-state index in [2.05, 4.69) is 20.5 Å². The third kappa shape index (κ3) is 2.72. The highest BCUT2D eigenvalue weighted by Crippen LogP contribution is 2.19. The summed E-state index contributed by atoms with van der Waals surface area (Å²) in [6.07, 6.45) is 3.46. The molecule has 0 aliphatic rings. The molecule has 3 aromatic rings. The van der Waals surface area contributed by atoms with Gasteiger partial charge < -0.3 is 11.1 Å². The Hall–Kier alpha value is -2.95. The van der Waals surface area contributed by atoms with E-state index in [0.29, 0.717) is 11.5 Å². The molecule has 3 N–H and O–H groups in total. The van der Waals surface area contributed by atoms with Crippen LogP contribution in [-0.2, 0) is 0 Å². The highest BCUT2D eigenvalue weighted by Gasteiger charge is 2.01. The molecule has 0 saturated carbocycles. The lowest BCUT2D eigenvalue weighted by Crippen LogP contribution is -1.97. The first-order valence-electron chi connectivity index (χ1n) is 6.18. The van der Waals surface area contributed by atoms with Crippen LogP contribution >= 0.6 is 0 Å². The summed E-state index contributed by atoms with van der Waals surface area (Å²) in [4.78, 5) is 3.98. The van der Waals surface area contributed by atoms with Crippen molar-refractivity contribution in [3.63, 3.8) is 0 Å². The number of nitrogens with zero attached hydrogens (tertiary/aromatic N) is 3. The minimum atomic E-state index is 0.674. The van der Waals surface area contributed by atoms with Crippen LogP contribution in [0, 0.1) is 0 Å². The fourth-order valence-electron chi connectivity index (χ4n) is 1.84. The fraction of sp³-hybridized carbons (Fsp3) is 0. The second kappa shape index (κ2) is 5.36. The molecule has 5 nitrogen and oxygen atoms in total. The van der Waals surface area contributed by atoms with E-state index in [1.165, 1.54) is 0 Å². The Balaban J connectivity index is 1.80. The Kier molecular flexibility index (Phi) is 3.24. The first kappa shape index (κ1) is 12.1. The monoisotopic (exact) mass is 263 g/mol. The average Bonchev–Trinajstić information content (AvgIpc) is 2.49. The summed E-state index contributed by atoms with van der Waals surface area (Å²) in [5.74, 6) is 0.674. The summed E-state index contributed by atoms with van der Waals surface area (Å²) in [5.41, 5.74) is 9.12. The van der Waals surface area contributed by atoms with Crippen LogP contribution in [-0.4, -0.2) is 15.2 Å². The van der Waals surface area contributed by atoms with Crippen LogP contribution < -0.4 is 11.1 Å². The minimum absolute atomic E-state index is 0.674. The van der Waals surface area contributed by atoms with Crippen LogP contribution in [0.4, 0.5) is 17.2 Å². The molecule has 98 valence electrons. The number of anilines is 3. The van der Waals surface area contributed by atoms with Gasteiger partial charge in [0, 0.05) is 29.3 Å². The zero-order chi connectivity index (χ0) is 13.8. The van der Waals surface area contributed by atoms with Crippen LogP contribution in [0.5, 0.6) is 0 Å². The largest absolute Gasteiger partial charge is 0.399 e. The SMILES string of the molecule is Nc1cccc(Nc2ccc(-c3ccncc3)nn2)c1. The van der Waals surface area contributed by atoms with Gasteiger partial charge in [0.2, 0.25) is 0 Å². The van der Waals surface area contributed by atoms with E-state index in [4.69, 9.17) is 5.73 Å². The maximum atomic E-state index is 5.73. The van der Waals surface area contributed by atoms with Gasteiger partial charge in [-0.25, -0.2) is 0 Å². The molecule has 0 aliphatic carbocycles. The van der Waals surface area contributed by atoms with E-state index in [1.807, 2.05) is 48.5 Å². The molecule has 2 aromatic heterocycles. The normalized spacial score (nSPS) is 10.2. The zero-order valence-corrected chi connectivity index (χ0v) is 10.7. The Morgan fingerprint density at radius 2 is 1.75 bits per heavy atom. The number of rotatable bonds is 3. The van der Waals surface area contributed by atoms with Crippen molar-refractivity contribution in [2.75, 3.05) is 11.1 Å². The van der Waals surface area contributed by atoms with E-state index in [-0.39, 0.29) is 0 Å². The van der Waals surface area contributed by atoms with E-state index < -0.39 is 0 Å². The lowest BCUT2D eigenvalue weighted by molar-refractivity contribution is 1.04. The number of nitrogen functional groups attached to an aromatic ring is 1. The molecule has 0 bridgehead atoms. The fourth-order valence-corrected chi connectivity index (χ4v) is 1.84. The predicted molar refractivity (Wildman–Crippen MR) is 79.4 cm³/mol. The van der Waals surface area contributed by atoms with Crippen molar-refractivity contribution in [3.8, 4) is 11.3 Å². The van der Waals surface area contributed by atoms with Gasteiger partial charge in [-0.15, -0.1) is 10.2 Å². The van der Waals surface area contributed by atoms with Gasteiger partial charge in [0.05, 0.1) is 5.69 Å². The summed E-state index contributed by atoms with van der Waals surface area (Å²) >= 11 is 0. The standard InChI is InChI=1S/C15H13N5/c16-12-2-1-3-13(10-12)18-15-5-4-14(19-20-15)11-6-8-17-9-7-11/h1-10H,16H2,(H,18,20). The molecule has 0 radical (unpaired) electrons. The van der Waals surface area contributed by atoms with Gasteiger partial charge in [-0.3, -0.25) is 4.98 Å². The second-order valence-corrected chi connectivity index (χ2v) is 4.29. The molecular formula is C15H13N5. The molecule has 0 unspecified atom stereocenters. The van der Waals surface area contributed by atoms with Gasteiger partial charge in [-0.05, 0) is 42.5 Å². The predicted octanol–water partition coefficient (Wildman–Crippen LogP) is 2.86. The second-order valence-electron chi connectivity index (χ2n) is 4.29. The molecule has 0 atom stereocenters. The third-order valence-corrected chi connectivity index (χ3v) is 2.80. The lowest BCUT2D eigenvalue weighted by Gasteiger charge is -2.06. The van der Waals surface area contributed by atoms with Crippen molar-refractivity contribution in [1.29, 1.82) is 0 Å². The molecule has 0 aliphatic heterocycles. The molecule has 0 spiro atoms. The number of hydrogen-bond acceptors (Lipinski definition) is 5. The van der Waals surface area contributed by atoms with Gasteiger partial charge in [-0.2, -0.15) is 0 Å².